The van der Waals surface area contributed by atoms with Gasteiger partial charge in [-0.1, -0.05) is 0 Å². The Kier molecular flexibility index (Phi) is 8.13. The molecular weight excluding hydrogens is 360 g/mol. The normalized spacial score (nSPS) is 28.6. The van der Waals surface area contributed by atoms with Crippen LogP contribution in [0.4, 0.5) is 0 Å². The molecule has 5 atom stereocenters. The van der Waals surface area contributed by atoms with Crippen LogP contribution in [0.1, 0.15) is 27.7 Å². The number of hydrogen-bond donors (Lipinski definition) is 1. The van der Waals surface area contributed by atoms with E-state index in [1.165, 1.54) is 6.92 Å². The van der Waals surface area contributed by atoms with E-state index in [2.05, 4.69) is 0 Å². The van der Waals surface area contributed by atoms with Crippen LogP contribution in [-0.2, 0) is 42.9 Å². The van der Waals surface area contributed by atoms with Gasteiger partial charge in [-0.2, -0.15) is 0 Å². The third-order valence-electron chi connectivity index (χ3n) is 3.05. The lowest BCUT2D eigenvalue weighted by Gasteiger charge is -2.43. The van der Waals surface area contributed by atoms with E-state index in [1.807, 2.05) is 0 Å². The summed E-state index contributed by atoms with van der Waals surface area (Å²) >= 11 is 0.214. The van der Waals surface area contributed by atoms with Crippen LogP contribution >= 0.6 is 12.0 Å². The molecule has 25 heavy (non-hydrogen) atoms. The second-order valence-corrected chi connectivity index (χ2v) is 5.85. The molecule has 3 unspecified atom stereocenters. The lowest BCUT2D eigenvalue weighted by molar-refractivity contribution is -0.238. The van der Waals surface area contributed by atoms with Gasteiger partial charge in [0.25, 0.3) is 0 Å². The number of hydrogen-bond acceptors (Lipinski definition) is 11. The van der Waals surface area contributed by atoms with Crippen LogP contribution in [0.25, 0.3) is 0 Å². The zero-order chi connectivity index (χ0) is 19.1. The maximum atomic E-state index is 11.4. The zero-order valence-electron chi connectivity index (χ0n) is 14.1. The molecule has 0 aliphatic carbocycles. The number of carbonyl (C=O) groups is 4. The van der Waals surface area contributed by atoms with Crippen LogP contribution in [0, 0.1) is 0 Å². The van der Waals surface area contributed by atoms with Crippen molar-refractivity contribution in [2.24, 2.45) is 0 Å². The lowest BCUT2D eigenvalue weighted by Crippen LogP contribution is -2.61. The van der Waals surface area contributed by atoms with E-state index in [1.54, 1.807) is 0 Å². The number of carbonyl (C=O) groups excluding carboxylic acids is 4. The second kappa shape index (κ2) is 9.59. The molecule has 1 N–H and O–H groups in total. The first-order valence-corrected chi connectivity index (χ1v) is 8.10. The van der Waals surface area contributed by atoms with Crippen molar-refractivity contribution in [2.45, 2.75) is 57.5 Å². The number of rotatable bonds is 6. The van der Waals surface area contributed by atoms with E-state index < -0.39 is 53.7 Å². The number of ether oxygens (including phenoxy) is 5. The monoisotopic (exact) mass is 380 g/mol. The summed E-state index contributed by atoms with van der Waals surface area (Å²) in [7, 11) is 0. The SMILES string of the molecule is CC(=O)OC[C@H]1OC(SO)C(OC(C)=O)[C@@H](OC(C)=O)C1OC(C)=O. The molecule has 0 amide bonds. The van der Waals surface area contributed by atoms with E-state index in [0.29, 0.717) is 0 Å². The molecule has 0 spiro atoms. The highest BCUT2D eigenvalue weighted by Crippen LogP contribution is 2.33. The highest BCUT2D eigenvalue weighted by molar-refractivity contribution is 7.94. The molecule has 10 nitrogen and oxygen atoms in total. The molecule has 0 aromatic rings. The third-order valence-corrected chi connectivity index (χ3v) is 3.64. The summed E-state index contributed by atoms with van der Waals surface area (Å²) in [4.78, 5) is 45.2. The molecule has 1 heterocycles. The van der Waals surface area contributed by atoms with Gasteiger partial charge in [0.1, 0.15) is 12.7 Å². The minimum absolute atomic E-state index is 0.214. The van der Waals surface area contributed by atoms with Gasteiger partial charge < -0.3 is 28.2 Å². The lowest BCUT2D eigenvalue weighted by atomic mass is 9.99. The molecular formula is C14H20O10S. The van der Waals surface area contributed by atoms with E-state index in [4.69, 9.17) is 23.7 Å². The van der Waals surface area contributed by atoms with Crippen molar-refractivity contribution < 1.29 is 47.4 Å². The van der Waals surface area contributed by atoms with Crippen LogP contribution in [0.2, 0.25) is 0 Å². The maximum absolute atomic E-state index is 11.4. The Morgan fingerprint density at radius 1 is 0.840 bits per heavy atom. The molecule has 0 radical (unpaired) electrons. The Bertz CT molecular complexity index is 522. The number of esters is 4. The van der Waals surface area contributed by atoms with Gasteiger partial charge in [0.15, 0.2) is 23.7 Å². The molecule has 0 bridgehead atoms. The van der Waals surface area contributed by atoms with Crippen LogP contribution in [0.3, 0.4) is 0 Å². The summed E-state index contributed by atoms with van der Waals surface area (Å²) in [5.74, 6) is -2.77. The zero-order valence-corrected chi connectivity index (χ0v) is 14.9. The molecule has 0 aromatic carbocycles. The van der Waals surface area contributed by atoms with Gasteiger partial charge in [-0.15, -0.1) is 0 Å². The van der Waals surface area contributed by atoms with Crippen molar-refractivity contribution in [3.8, 4) is 0 Å². The fourth-order valence-corrected chi connectivity index (χ4v) is 2.80. The van der Waals surface area contributed by atoms with E-state index >= 15 is 0 Å². The quantitative estimate of drug-likeness (QED) is 0.386. The summed E-state index contributed by atoms with van der Waals surface area (Å²) in [6, 6.07) is 0. The van der Waals surface area contributed by atoms with Crippen molar-refractivity contribution in [1.82, 2.24) is 0 Å². The van der Waals surface area contributed by atoms with Gasteiger partial charge in [-0.25, -0.2) is 0 Å². The molecule has 1 rings (SSSR count). The highest BCUT2D eigenvalue weighted by Gasteiger charge is 2.52. The first-order valence-electron chi connectivity index (χ1n) is 7.26. The summed E-state index contributed by atoms with van der Waals surface area (Å²) in [5.41, 5.74) is -1.15. The second-order valence-electron chi connectivity index (χ2n) is 5.17. The van der Waals surface area contributed by atoms with Crippen LogP contribution in [0.15, 0.2) is 0 Å². The van der Waals surface area contributed by atoms with Crippen molar-refractivity contribution in [2.75, 3.05) is 6.61 Å². The topological polar surface area (TPSA) is 135 Å². The average molecular weight is 380 g/mol. The molecule has 142 valence electrons. The summed E-state index contributed by atoms with van der Waals surface area (Å²) < 4.78 is 35.2. The first-order chi connectivity index (χ1) is 11.6. The minimum Gasteiger partial charge on any atom is -0.463 e. The largest absolute Gasteiger partial charge is 0.463 e. The van der Waals surface area contributed by atoms with Crippen molar-refractivity contribution in [3.05, 3.63) is 0 Å². The van der Waals surface area contributed by atoms with Gasteiger partial charge in [-0.3, -0.25) is 19.2 Å². The Labute approximate surface area is 148 Å². The smallest absolute Gasteiger partial charge is 0.303 e. The molecule has 1 aliphatic rings. The van der Waals surface area contributed by atoms with E-state index in [9.17, 15) is 23.7 Å². The Hall–Kier alpha value is -1.85. The Morgan fingerprint density at radius 3 is 1.76 bits per heavy atom. The van der Waals surface area contributed by atoms with Crippen molar-refractivity contribution in [3.63, 3.8) is 0 Å². The van der Waals surface area contributed by atoms with Gasteiger partial charge in [-0.05, 0) is 0 Å². The maximum Gasteiger partial charge on any atom is 0.303 e. The highest BCUT2D eigenvalue weighted by atomic mass is 32.2. The van der Waals surface area contributed by atoms with Crippen molar-refractivity contribution in [1.29, 1.82) is 0 Å². The summed E-state index contributed by atoms with van der Waals surface area (Å²) in [6.45, 7) is 4.21. The summed E-state index contributed by atoms with van der Waals surface area (Å²) in [5, 5.41) is 0. The molecule has 0 saturated carbocycles. The Balaban J connectivity index is 3.18. The van der Waals surface area contributed by atoms with Gasteiger partial charge in [0.05, 0.1) is 0 Å². The molecule has 1 aliphatic heterocycles. The standard InChI is InChI=1S/C14H20O10S/c1-6(15)20-5-10-11(21-7(2)16)12(22-8(3)17)13(23-9(4)18)14(24-10)25-19/h10-14,19H,5H2,1-4H3/t10-,11?,12+,13?,14?/m1/s1. The minimum atomic E-state index is -1.26. The van der Waals surface area contributed by atoms with Gasteiger partial charge in [0, 0.05) is 39.7 Å². The van der Waals surface area contributed by atoms with Crippen LogP contribution in [0.5, 0.6) is 0 Å². The van der Waals surface area contributed by atoms with Crippen LogP contribution in [-0.4, -0.2) is 64.9 Å². The van der Waals surface area contributed by atoms with Gasteiger partial charge in [0.2, 0.25) is 0 Å². The summed E-state index contributed by atoms with van der Waals surface area (Å²) in [6.07, 6.45) is -4.76. The van der Waals surface area contributed by atoms with Crippen molar-refractivity contribution >= 4 is 35.9 Å². The first kappa shape index (κ1) is 21.2. The third kappa shape index (κ3) is 6.52. The molecule has 1 fully saturated rings. The fourth-order valence-electron chi connectivity index (χ4n) is 2.27. The average Bonchev–Trinajstić information content (AvgIpc) is 2.48. The predicted octanol–water partition coefficient (Wildman–Crippen LogP) is 0.276. The fraction of sp³-hybridized carbons (Fsp3) is 0.714. The molecule has 0 aromatic heterocycles. The van der Waals surface area contributed by atoms with Crippen LogP contribution < -0.4 is 0 Å². The Morgan fingerprint density at radius 2 is 1.32 bits per heavy atom. The predicted molar refractivity (Wildman–Crippen MR) is 82.2 cm³/mol. The molecule has 1 saturated heterocycles. The van der Waals surface area contributed by atoms with E-state index in [0.717, 1.165) is 20.8 Å². The van der Waals surface area contributed by atoms with E-state index in [-0.39, 0.29) is 18.6 Å². The molecule has 11 heteroatoms. The van der Waals surface area contributed by atoms with Gasteiger partial charge >= 0.3 is 23.9 Å².